The van der Waals surface area contributed by atoms with Crippen molar-refractivity contribution >= 4 is 28.5 Å². The topological polar surface area (TPSA) is 71.2 Å². The van der Waals surface area contributed by atoms with Crippen LogP contribution in [0.3, 0.4) is 0 Å². The Morgan fingerprint density at radius 2 is 1.59 bits per heavy atom. The van der Waals surface area contributed by atoms with Gasteiger partial charge in [0.1, 0.15) is 5.69 Å². The SMILES string of the molecule is O=C(COC(=O)c1cc2ccccc2[nH]1)Nc1ccccc1Cc1ccccc1. The lowest BCUT2D eigenvalue weighted by Gasteiger charge is -2.11. The van der Waals surface area contributed by atoms with Crippen molar-refractivity contribution < 1.29 is 14.3 Å². The van der Waals surface area contributed by atoms with Crippen LogP contribution in [-0.2, 0) is 16.0 Å². The number of amides is 1. The van der Waals surface area contributed by atoms with Crippen LogP contribution in [0.15, 0.2) is 84.9 Å². The summed E-state index contributed by atoms with van der Waals surface area (Å²) in [6.45, 7) is -0.353. The second-order valence-corrected chi connectivity index (χ2v) is 6.71. The molecule has 1 heterocycles. The first-order valence-corrected chi connectivity index (χ1v) is 9.35. The Labute approximate surface area is 168 Å². The van der Waals surface area contributed by atoms with Gasteiger partial charge in [0.15, 0.2) is 6.61 Å². The Bertz CT molecular complexity index is 1120. The van der Waals surface area contributed by atoms with Crippen LogP contribution in [0.5, 0.6) is 0 Å². The fraction of sp³-hybridized carbons (Fsp3) is 0.0833. The van der Waals surface area contributed by atoms with E-state index in [2.05, 4.69) is 10.3 Å². The molecule has 29 heavy (non-hydrogen) atoms. The van der Waals surface area contributed by atoms with Crippen LogP contribution in [0.4, 0.5) is 5.69 Å². The number of rotatable bonds is 6. The van der Waals surface area contributed by atoms with E-state index in [4.69, 9.17) is 4.74 Å². The highest BCUT2D eigenvalue weighted by Crippen LogP contribution is 2.19. The van der Waals surface area contributed by atoms with E-state index >= 15 is 0 Å². The summed E-state index contributed by atoms with van der Waals surface area (Å²) in [5, 5.41) is 3.75. The zero-order valence-electron chi connectivity index (χ0n) is 15.7. The largest absolute Gasteiger partial charge is 0.451 e. The molecule has 5 heteroatoms. The molecule has 144 valence electrons. The van der Waals surface area contributed by atoms with Crippen LogP contribution >= 0.6 is 0 Å². The zero-order chi connectivity index (χ0) is 20.1. The average Bonchev–Trinajstić information content (AvgIpc) is 3.19. The van der Waals surface area contributed by atoms with Crippen molar-refractivity contribution in [3.8, 4) is 0 Å². The first-order chi connectivity index (χ1) is 14.2. The predicted molar refractivity (Wildman–Crippen MR) is 113 cm³/mol. The standard InChI is InChI=1S/C24H20N2O3/c27-23(16-29-24(28)22-15-19-11-5-6-12-20(19)25-22)26-21-13-7-4-10-18(21)14-17-8-2-1-3-9-17/h1-13,15,25H,14,16H2,(H,26,27). The summed E-state index contributed by atoms with van der Waals surface area (Å²) in [6.07, 6.45) is 0.701. The molecule has 0 aliphatic heterocycles. The molecule has 0 aliphatic rings. The van der Waals surface area contributed by atoms with Gasteiger partial charge in [-0.25, -0.2) is 4.79 Å². The summed E-state index contributed by atoms with van der Waals surface area (Å²) in [5.41, 5.74) is 4.03. The van der Waals surface area contributed by atoms with Gasteiger partial charge in [-0.15, -0.1) is 0 Å². The summed E-state index contributed by atoms with van der Waals surface area (Å²) < 4.78 is 5.17. The maximum atomic E-state index is 12.3. The predicted octanol–water partition coefficient (Wildman–Crippen LogP) is 4.55. The molecule has 0 atom stereocenters. The summed E-state index contributed by atoms with van der Waals surface area (Å²) >= 11 is 0. The van der Waals surface area contributed by atoms with Crippen molar-refractivity contribution in [3.63, 3.8) is 0 Å². The van der Waals surface area contributed by atoms with Crippen molar-refractivity contribution in [2.45, 2.75) is 6.42 Å². The van der Waals surface area contributed by atoms with Gasteiger partial charge in [-0.2, -0.15) is 0 Å². The monoisotopic (exact) mass is 384 g/mol. The van der Waals surface area contributed by atoms with Crippen molar-refractivity contribution in [1.82, 2.24) is 4.98 Å². The Morgan fingerprint density at radius 1 is 0.862 bits per heavy atom. The number of benzene rings is 3. The maximum Gasteiger partial charge on any atom is 0.355 e. The third kappa shape index (κ3) is 4.52. The van der Waals surface area contributed by atoms with Gasteiger partial charge >= 0.3 is 5.97 Å². The minimum absolute atomic E-state index is 0.323. The fourth-order valence-corrected chi connectivity index (χ4v) is 3.19. The normalized spacial score (nSPS) is 10.6. The lowest BCUT2D eigenvalue weighted by Crippen LogP contribution is -2.21. The molecule has 0 fully saturated rings. The van der Waals surface area contributed by atoms with Crippen LogP contribution in [0.25, 0.3) is 10.9 Å². The smallest absolute Gasteiger partial charge is 0.355 e. The first kappa shape index (κ1) is 18.5. The molecule has 0 bridgehead atoms. The molecule has 0 unspecified atom stereocenters. The van der Waals surface area contributed by atoms with E-state index < -0.39 is 5.97 Å². The number of para-hydroxylation sites is 2. The van der Waals surface area contributed by atoms with Crippen LogP contribution in [-0.4, -0.2) is 23.5 Å². The van der Waals surface area contributed by atoms with Crippen LogP contribution in [0.1, 0.15) is 21.6 Å². The quantitative estimate of drug-likeness (QED) is 0.479. The highest BCUT2D eigenvalue weighted by Gasteiger charge is 2.14. The van der Waals surface area contributed by atoms with Gasteiger partial charge in [-0.05, 0) is 35.7 Å². The minimum Gasteiger partial charge on any atom is -0.451 e. The number of carbonyl (C=O) groups is 2. The van der Waals surface area contributed by atoms with E-state index in [1.807, 2.05) is 78.9 Å². The summed E-state index contributed by atoms with van der Waals surface area (Å²) in [6, 6.07) is 26.9. The third-order valence-corrected chi connectivity index (χ3v) is 4.61. The highest BCUT2D eigenvalue weighted by molar-refractivity contribution is 5.97. The molecular formula is C24H20N2O3. The van der Waals surface area contributed by atoms with Crippen molar-refractivity contribution in [2.24, 2.45) is 0 Å². The van der Waals surface area contributed by atoms with E-state index in [0.717, 1.165) is 22.0 Å². The molecule has 0 aliphatic carbocycles. The molecule has 2 N–H and O–H groups in total. The van der Waals surface area contributed by atoms with Crippen molar-refractivity contribution in [2.75, 3.05) is 11.9 Å². The van der Waals surface area contributed by atoms with E-state index in [-0.39, 0.29) is 12.5 Å². The van der Waals surface area contributed by atoms with Gasteiger partial charge in [0, 0.05) is 16.6 Å². The van der Waals surface area contributed by atoms with E-state index in [0.29, 0.717) is 17.8 Å². The molecule has 0 radical (unpaired) electrons. The van der Waals surface area contributed by atoms with Gasteiger partial charge in [-0.3, -0.25) is 4.79 Å². The second kappa shape index (κ2) is 8.44. The van der Waals surface area contributed by atoms with E-state index in [1.165, 1.54) is 0 Å². The Kier molecular flexibility index (Phi) is 5.38. The molecule has 1 amide bonds. The number of nitrogens with one attached hydrogen (secondary N) is 2. The number of fused-ring (bicyclic) bond motifs is 1. The van der Waals surface area contributed by atoms with Gasteiger partial charge in [0.05, 0.1) is 0 Å². The highest BCUT2D eigenvalue weighted by atomic mass is 16.5. The number of esters is 1. The number of ether oxygens (including phenoxy) is 1. The van der Waals surface area contributed by atoms with E-state index in [9.17, 15) is 9.59 Å². The molecule has 0 spiro atoms. The molecular weight excluding hydrogens is 364 g/mol. The van der Waals surface area contributed by atoms with Crippen LogP contribution < -0.4 is 5.32 Å². The summed E-state index contributed by atoms with van der Waals surface area (Å²) in [7, 11) is 0. The third-order valence-electron chi connectivity index (χ3n) is 4.61. The lowest BCUT2D eigenvalue weighted by molar-refractivity contribution is -0.119. The van der Waals surface area contributed by atoms with Crippen molar-refractivity contribution in [1.29, 1.82) is 0 Å². The first-order valence-electron chi connectivity index (χ1n) is 9.35. The van der Waals surface area contributed by atoms with Crippen LogP contribution in [0.2, 0.25) is 0 Å². The molecule has 0 saturated heterocycles. The van der Waals surface area contributed by atoms with Gasteiger partial charge < -0.3 is 15.0 Å². The average molecular weight is 384 g/mol. The number of hydrogen-bond donors (Lipinski definition) is 2. The molecule has 3 aromatic carbocycles. The molecule has 4 aromatic rings. The van der Waals surface area contributed by atoms with Gasteiger partial charge in [0.25, 0.3) is 5.91 Å². The summed E-state index contributed by atoms with van der Waals surface area (Å²) in [4.78, 5) is 27.6. The fourth-order valence-electron chi connectivity index (χ4n) is 3.19. The zero-order valence-corrected chi connectivity index (χ0v) is 15.7. The minimum atomic E-state index is -0.561. The second-order valence-electron chi connectivity index (χ2n) is 6.71. The molecule has 5 nitrogen and oxygen atoms in total. The number of H-pyrrole nitrogens is 1. The van der Waals surface area contributed by atoms with Gasteiger partial charge in [-0.1, -0.05) is 66.7 Å². The molecule has 1 aromatic heterocycles. The van der Waals surface area contributed by atoms with Crippen LogP contribution in [0, 0.1) is 0 Å². The number of anilines is 1. The lowest BCUT2D eigenvalue weighted by atomic mass is 10.0. The number of carbonyl (C=O) groups excluding carboxylic acids is 2. The number of aromatic nitrogens is 1. The Morgan fingerprint density at radius 3 is 2.41 bits per heavy atom. The number of aromatic amines is 1. The molecule has 0 saturated carbocycles. The molecule has 4 rings (SSSR count). The van der Waals surface area contributed by atoms with Gasteiger partial charge in [0.2, 0.25) is 0 Å². The van der Waals surface area contributed by atoms with Crippen molar-refractivity contribution in [3.05, 3.63) is 102 Å². The Balaban J connectivity index is 1.38. The Hall–Kier alpha value is -3.86. The summed E-state index contributed by atoms with van der Waals surface area (Å²) in [5.74, 6) is -0.941. The van der Waals surface area contributed by atoms with E-state index in [1.54, 1.807) is 6.07 Å². The number of hydrogen-bond acceptors (Lipinski definition) is 3. The maximum absolute atomic E-state index is 12.3.